The van der Waals surface area contributed by atoms with Crippen molar-refractivity contribution in [3.8, 4) is 6.07 Å². The van der Waals surface area contributed by atoms with Crippen LogP contribution in [-0.2, 0) is 11.2 Å². The molecule has 18 heavy (non-hydrogen) atoms. The Morgan fingerprint density at radius 2 is 1.94 bits per heavy atom. The highest BCUT2D eigenvalue weighted by Gasteiger charge is 2.19. The van der Waals surface area contributed by atoms with Crippen LogP contribution in [0.2, 0.25) is 0 Å². The maximum absolute atomic E-state index is 11.6. The van der Waals surface area contributed by atoms with Gasteiger partial charge in [0.05, 0.1) is 19.1 Å². The lowest BCUT2D eigenvalue weighted by atomic mass is 10.1. The van der Waals surface area contributed by atoms with Crippen LogP contribution in [-0.4, -0.2) is 34.7 Å². The van der Waals surface area contributed by atoms with Crippen molar-refractivity contribution in [2.24, 2.45) is 0 Å². The van der Waals surface area contributed by atoms with E-state index in [1.165, 1.54) is 12.1 Å². The van der Waals surface area contributed by atoms with Crippen molar-refractivity contribution < 1.29 is 19.8 Å². The standard InChI is InChI=1S/C12H12N2O4/c13-6-5-8-1-3-9(4-2-8)11(16)14-10(7-15)12(17)18/h1-4,10,15H,5,7H2,(H,14,16)(H,17,18). The zero-order valence-corrected chi connectivity index (χ0v) is 9.46. The minimum atomic E-state index is -1.32. The van der Waals surface area contributed by atoms with Crippen LogP contribution >= 0.6 is 0 Å². The Labute approximate surface area is 103 Å². The molecule has 3 N–H and O–H groups in total. The van der Waals surface area contributed by atoms with Crippen LogP contribution in [0.4, 0.5) is 0 Å². The molecule has 1 rings (SSSR count). The van der Waals surface area contributed by atoms with Gasteiger partial charge in [-0.25, -0.2) is 4.79 Å². The zero-order valence-electron chi connectivity index (χ0n) is 9.46. The fourth-order valence-corrected chi connectivity index (χ4v) is 1.29. The second-order valence-electron chi connectivity index (χ2n) is 3.58. The molecular weight excluding hydrogens is 236 g/mol. The van der Waals surface area contributed by atoms with Crippen LogP contribution in [0.15, 0.2) is 24.3 Å². The molecule has 0 aliphatic carbocycles. The zero-order chi connectivity index (χ0) is 13.5. The number of aliphatic carboxylic acids is 1. The van der Waals surface area contributed by atoms with Crippen LogP contribution in [0.25, 0.3) is 0 Å². The molecule has 1 amide bonds. The third-order valence-corrected chi connectivity index (χ3v) is 2.29. The molecule has 6 nitrogen and oxygen atoms in total. The molecule has 0 aliphatic heterocycles. The summed E-state index contributed by atoms with van der Waals surface area (Å²) in [5, 5.41) is 28.1. The van der Waals surface area contributed by atoms with Crippen LogP contribution in [0.1, 0.15) is 15.9 Å². The Balaban J connectivity index is 2.72. The van der Waals surface area contributed by atoms with E-state index in [4.69, 9.17) is 15.5 Å². The number of nitriles is 1. The molecule has 0 spiro atoms. The molecule has 6 heteroatoms. The van der Waals surface area contributed by atoms with Gasteiger partial charge in [0.2, 0.25) is 0 Å². The summed E-state index contributed by atoms with van der Waals surface area (Å²) in [6.45, 7) is -0.673. The van der Waals surface area contributed by atoms with Crippen LogP contribution in [0.3, 0.4) is 0 Å². The average molecular weight is 248 g/mol. The van der Waals surface area contributed by atoms with Gasteiger partial charge in [-0.15, -0.1) is 0 Å². The van der Waals surface area contributed by atoms with Gasteiger partial charge in [0.1, 0.15) is 0 Å². The monoisotopic (exact) mass is 248 g/mol. The molecule has 0 bridgehead atoms. The lowest BCUT2D eigenvalue weighted by Gasteiger charge is -2.11. The van der Waals surface area contributed by atoms with E-state index in [-0.39, 0.29) is 12.0 Å². The molecule has 0 saturated heterocycles. The van der Waals surface area contributed by atoms with Crippen LogP contribution in [0, 0.1) is 11.3 Å². The molecule has 1 unspecified atom stereocenters. The van der Waals surface area contributed by atoms with Gasteiger partial charge < -0.3 is 15.5 Å². The maximum Gasteiger partial charge on any atom is 0.328 e. The van der Waals surface area contributed by atoms with E-state index in [1.807, 2.05) is 6.07 Å². The molecule has 0 radical (unpaired) electrons. The highest BCUT2D eigenvalue weighted by molar-refractivity contribution is 5.96. The summed E-state index contributed by atoms with van der Waals surface area (Å²) < 4.78 is 0. The van der Waals surface area contributed by atoms with E-state index >= 15 is 0 Å². The number of carboxylic acid groups (broad SMARTS) is 1. The van der Waals surface area contributed by atoms with Crippen molar-refractivity contribution in [2.45, 2.75) is 12.5 Å². The minimum absolute atomic E-state index is 0.246. The highest BCUT2D eigenvalue weighted by atomic mass is 16.4. The van der Waals surface area contributed by atoms with Crippen molar-refractivity contribution in [2.75, 3.05) is 6.61 Å². The third-order valence-electron chi connectivity index (χ3n) is 2.29. The number of amides is 1. The first-order valence-corrected chi connectivity index (χ1v) is 5.19. The van der Waals surface area contributed by atoms with Gasteiger partial charge in [0.15, 0.2) is 6.04 Å². The number of carbonyl (C=O) groups excluding carboxylic acids is 1. The van der Waals surface area contributed by atoms with Crippen molar-refractivity contribution in [1.29, 1.82) is 5.26 Å². The van der Waals surface area contributed by atoms with Gasteiger partial charge in [0.25, 0.3) is 5.91 Å². The number of nitrogens with zero attached hydrogens (tertiary/aromatic N) is 1. The Morgan fingerprint density at radius 1 is 1.33 bits per heavy atom. The molecule has 0 saturated carbocycles. The summed E-state index contributed by atoms with van der Waals surface area (Å²) in [6, 6.07) is 6.89. The average Bonchev–Trinajstić information content (AvgIpc) is 2.36. The first-order chi connectivity index (χ1) is 8.58. The first kappa shape index (κ1) is 13.7. The van der Waals surface area contributed by atoms with Crippen LogP contribution < -0.4 is 5.32 Å². The maximum atomic E-state index is 11.6. The summed E-state index contributed by atoms with van der Waals surface area (Å²) in [5.74, 6) is -1.88. The van der Waals surface area contributed by atoms with Gasteiger partial charge in [-0.2, -0.15) is 5.26 Å². The van der Waals surface area contributed by atoms with E-state index in [2.05, 4.69) is 5.32 Å². The molecule has 0 heterocycles. The summed E-state index contributed by atoms with van der Waals surface area (Å²) >= 11 is 0. The molecule has 1 aromatic carbocycles. The Kier molecular flexibility index (Phi) is 4.84. The summed E-state index contributed by atoms with van der Waals surface area (Å²) in [6.07, 6.45) is 0.246. The van der Waals surface area contributed by atoms with Gasteiger partial charge >= 0.3 is 5.97 Å². The first-order valence-electron chi connectivity index (χ1n) is 5.19. The Morgan fingerprint density at radius 3 is 2.39 bits per heavy atom. The van der Waals surface area contributed by atoms with Crippen molar-refractivity contribution in [3.63, 3.8) is 0 Å². The number of aliphatic hydroxyl groups is 1. The smallest absolute Gasteiger partial charge is 0.328 e. The van der Waals surface area contributed by atoms with Crippen molar-refractivity contribution in [1.82, 2.24) is 5.32 Å². The second kappa shape index (κ2) is 6.37. The molecule has 1 atom stereocenters. The predicted octanol–water partition coefficient (Wildman–Crippen LogP) is -0.0720. The fraction of sp³-hybridized carbons (Fsp3) is 0.250. The molecular formula is C12H12N2O4. The number of benzene rings is 1. The van der Waals surface area contributed by atoms with Crippen LogP contribution in [0.5, 0.6) is 0 Å². The van der Waals surface area contributed by atoms with Gasteiger partial charge in [-0.1, -0.05) is 12.1 Å². The molecule has 0 aliphatic rings. The quantitative estimate of drug-likeness (QED) is 0.675. The lowest BCUT2D eigenvalue weighted by Crippen LogP contribution is -2.43. The molecule has 1 aromatic rings. The number of nitrogens with one attached hydrogen (secondary N) is 1. The summed E-state index contributed by atoms with van der Waals surface area (Å²) in [5.41, 5.74) is 1.04. The molecule has 94 valence electrons. The second-order valence-corrected chi connectivity index (χ2v) is 3.58. The Bertz CT molecular complexity index is 476. The van der Waals surface area contributed by atoms with E-state index < -0.39 is 24.5 Å². The molecule has 0 aromatic heterocycles. The minimum Gasteiger partial charge on any atom is -0.480 e. The molecule has 0 fully saturated rings. The number of rotatable bonds is 5. The van der Waals surface area contributed by atoms with Crippen molar-refractivity contribution >= 4 is 11.9 Å². The van der Waals surface area contributed by atoms with E-state index in [1.54, 1.807) is 12.1 Å². The topological polar surface area (TPSA) is 110 Å². The lowest BCUT2D eigenvalue weighted by molar-refractivity contribution is -0.140. The summed E-state index contributed by atoms with van der Waals surface area (Å²) in [7, 11) is 0. The van der Waals surface area contributed by atoms with E-state index in [9.17, 15) is 9.59 Å². The SMILES string of the molecule is N#CCc1ccc(C(=O)NC(CO)C(=O)O)cc1. The van der Waals surface area contributed by atoms with Gasteiger partial charge in [-0.3, -0.25) is 4.79 Å². The Hall–Kier alpha value is -2.39. The van der Waals surface area contributed by atoms with Gasteiger partial charge in [-0.05, 0) is 17.7 Å². The number of hydrogen-bond acceptors (Lipinski definition) is 4. The summed E-state index contributed by atoms with van der Waals surface area (Å²) in [4.78, 5) is 22.3. The number of hydrogen-bond donors (Lipinski definition) is 3. The number of carboxylic acids is 1. The number of aliphatic hydroxyl groups excluding tert-OH is 1. The largest absolute Gasteiger partial charge is 0.480 e. The fourth-order valence-electron chi connectivity index (χ4n) is 1.29. The van der Waals surface area contributed by atoms with Crippen molar-refractivity contribution in [3.05, 3.63) is 35.4 Å². The third kappa shape index (κ3) is 3.57. The predicted molar refractivity (Wildman–Crippen MR) is 61.7 cm³/mol. The van der Waals surface area contributed by atoms with E-state index in [0.717, 1.165) is 5.56 Å². The highest BCUT2D eigenvalue weighted by Crippen LogP contribution is 2.05. The number of carbonyl (C=O) groups is 2. The van der Waals surface area contributed by atoms with Gasteiger partial charge in [0, 0.05) is 5.56 Å². The normalized spacial score (nSPS) is 11.3. The van der Waals surface area contributed by atoms with E-state index in [0.29, 0.717) is 0 Å².